The fraction of sp³-hybridized carbons (Fsp3) is 0.333. The van der Waals surface area contributed by atoms with Crippen molar-refractivity contribution >= 4 is 61.5 Å². The van der Waals surface area contributed by atoms with Crippen molar-refractivity contribution in [1.29, 1.82) is 0 Å². The first-order chi connectivity index (χ1) is 15.9. The lowest BCUT2D eigenvalue weighted by Gasteiger charge is -2.34. The Morgan fingerprint density at radius 1 is 1.24 bits per heavy atom. The summed E-state index contributed by atoms with van der Waals surface area (Å²) in [4.78, 5) is 32.2. The minimum absolute atomic E-state index is 0.0383. The van der Waals surface area contributed by atoms with E-state index in [2.05, 4.69) is 15.1 Å². The molecule has 2 heterocycles. The Morgan fingerprint density at radius 3 is 2.70 bits per heavy atom. The SMILES string of the molecule is COc1c(Cl)ccc2sc(N3CCN(CCNC(=O)c4cc(Cl)ccc4[N+](=O)[O-])CC3)nc12. The smallest absolute Gasteiger partial charge is 0.282 e. The molecule has 3 aromatic rings. The third-order valence-corrected chi connectivity index (χ3v) is 7.03. The average molecular weight is 510 g/mol. The standard InChI is InChI=1S/C21H21Cl2N5O4S/c1-32-19-15(23)3-5-17-18(19)25-21(33-17)27-10-8-26(9-11-27)7-6-24-20(29)14-12-13(22)2-4-16(14)28(30)31/h2-5,12H,6-11H2,1H3,(H,24,29). The van der Waals surface area contributed by atoms with E-state index in [0.717, 1.165) is 41.5 Å². The molecule has 1 N–H and O–H groups in total. The maximum Gasteiger partial charge on any atom is 0.282 e. The van der Waals surface area contributed by atoms with Crippen molar-refractivity contribution in [3.8, 4) is 5.75 Å². The summed E-state index contributed by atoms with van der Waals surface area (Å²) in [7, 11) is 1.59. The second-order valence-corrected chi connectivity index (χ2v) is 9.28. The number of carbonyl (C=O) groups excluding carboxylic acids is 1. The summed E-state index contributed by atoms with van der Waals surface area (Å²) >= 11 is 13.7. The van der Waals surface area contributed by atoms with Crippen molar-refractivity contribution < 1.29 is 14.5 Å². The number of nitrogens with one attached hydrogen (secondary N) is 1. The fourth-order valence-corrected chi connectivity index (χ4v) is 5.12. The number of aromatic nitrogens is 1. The summed E-state index contributed by atoms with van der Waals surface area (Å²) in [5.74, 6) is 0.0795. The number of carbonyl (C=O) groups is 1. The van der Waals surface area contributed by atoms with Gasteiger partial charge in [0.25, 0.3) is 11.6 Å². The topological polar surface area (TPSA) is 101 Å². The molecule has 4 rings (SSSR count). The van der Waals surface area contributed by atoms with Crippen molar-refractivity contribution in [2.24, 2.45) is 0 Å². The monoisotopic (exact) mass is 509 g/mol. The Bertz CT molecular complexity index is 1200. The molecular weight excluding hydrogens is 489 g/mol. The second-order valence-electron chi connectivity index (χ2n) is 7.43. The summed E-state index contributed by atoms with van der Waals surface area (Å²) in [5, 5.41) is 15.7. The van der Waals surface area contributed by atoms with Gasteiger partial charge in [-0.15, -0.1) is 0 Å². The maximum atomic E-state index is 12.4. The third kappa shape index (κ3) is 5.14. The molecule has 0 bridgehead atoms. The molecule has 174 valence electrons. The normalized spacial score (nSPS) is 14.5. The number of rotatable bonds is 7. The first-order valence-electron chi connectivity index (χ1n) is 10.2. The summed E-state index contributed by atoms with van der Waals surface area (Å²) < 4.78 is 6.42. The van der Waals surface area contributed by atoms with E-state index < -0.39 is 10.8 Å². The summed E-state index contributed by atoms with van der Waals surface area (Å²) in [6.07, 6.45) is 0. The van der Waals surface area contributed by atoms with E-state index in [4.69, 9.17) is 32.9 Å². The average Bonchev–Trinajstić information content (AvgIpc) is 3.23. The van der Waals surface area contributed by atoms with Crippen LogP contribution in [0, 0.1) is 10.1 Å². The Morgan fingerprint density at radius 2 is 2.00 bits per heavy atom. The van der Waals surface area contributed by atoms with E-state index in [1.54, 1.807) is 18.4 Å². The number of fused-ring (bicyclic) bond motifs is 1. The molecule has 0 spiro atoms. The number of benzene rings is 2. The number of hydrogen-bond acceptors (Lipinski definition) is 8. The predicted molar refractivity (Wildman–Crippen MR) is 130 cm³/mol. The largest absolute Gasteiger partial charge is 0.493 e. The van der Waals surface area contributed by atoms with Crippen molar-refractivity contribution in [3.05, 3.63) is 56.1 Å². The number of nitrogens with zero attached hydrogens (tertiary/aromatic N) is 4. The molecule has 1 amide bonds. The van der Waals surface area contributed by atoms with E-state index >= 15 is 0 Å². The molecule has 1 aromatic heterocycles. The second kappa shape index (κ2) is 10.1. The van der Waals surface area contributed by atoms with Gasteiger partial charge in [0, 0.05) is 50.4 Å². The molecule has 0 saturated carbocycles. The van der Waals surface area contributed by atoms with E-state index in [-0.39, 0.29) is 16.3 Å². The third-order valence-electron chi connectivity index (χ3n) is 5.42. The molecule has 0 atom stereocenters. The number of piperazine rings is 1. The zero-order valence-corrected chi connectivity index (χ0v) is 20.0. The van der Waals surface area contributed by atoms with Gasteiger partial charge < -0.3 is 15.0 Å². The van der Waals surface area contributed by atoms with Crippen LogP contribution in [0.25, 0.3) is 10.2 Å². The lowest BCUT2D eigenvalue weighted by molar-refractivity contribution is -0.385. The number of nitro groups is 1. The summed E-state index contributed by atoms with van der Waals surface area (Å²) in [6, 6.07) is 7.71. The van der Waals surface area contributed by atoms with Gasteiger partial charge in [-0.2, -0.15) is 0 Å². The minimum atomic E-state index is -0.587. The number of thiazole rings is 1. The number of hydrogen-bond donors (Lipinski definition) is 1. The molecule has 1 saturated heterocycles. The van der Waals surface area contributed by atoms with Gasteiger partial charge in [0.05, 0.1) is 21.8 Å². The molecular formula is C21H21Cl2N5O4S. The van der Waals surface area contributed by atoms with Crippen LogP contribution in [0.4, 0.5) is 10.8 Å². The highest BCUT2D eigenvalue weighted by molar-refractivity contribution is 7.22. The number of anilines is 1. The summed E-state index contributed by atoms with van der Waals surface area (Å²) in [6.45, 7) is 4.21. The highest BCUT2D eigenvalue weighted by Crippen LogP contribution is 2.38. The van der Waals surface area contributed by atoms with Gasteiger partial charge in [0.1, 0.15) is 11.1 Å². The molecule has 0 aliphatic carbocycles. The minimum Gasteiger partial charge on any atom is -0.493 e. The zero-order chi connectivity index (χ0) is 23.5. The van der Waals surface area contributed by atoms with E-state index in [1.165, 1.54) is 18.2 Å². The molecule has 33 heavy (non-hydrogen) atoms. The van der Waals surface area contributed by atoms with E-state index in [0.29, 0.717) is 23.9 Å². The van der Waals surface area contributed by atoms with Crippen LogP contribution in [-0.4, -0.2) is 67.1 Å². The van der Waals surface area contributed by atoms with Crippen LogP contribution in [-0.2, 0) is 0 Å². The number of methoxy groups -OCH3 is 1. The maximum absolute atomic E-state index is 12.4. The first-order valence-corrected chi connectivity index (χ1v) is 11.8. The fourth-order valence-electron chi connectivity index (χ4n) is 3.70. The number of halogens is 2. The van der Waals surface area contributed by atoms with Gasteiger partial charge in [0.2, 0.25) is 0 Å². The Kier molecular flexibility index (Phi) is 7.18. The molecule has 1 aliphatic heterocycles. The highest BCUT2D eigenvalue weighted by Gasteiger charge is 2.23. The van der Waals surface area contributed by atoms with Crippen LogP contribution in [0.3, 0.4) is 0 Å². The molecule has 12 heteroatoms. The predicted octanol–water partition coefficient (Wildman–Crippen LogP) is 4.07. The van der Waals surface area contributed by atoms with Crippen LogP contribution >= 0.6 is 34.5 Å². The number of ether oxygens (including phenoxy) is 1. The van der Waals surface area contributed by atoms with Crippen LogP contribution in [0.1, 0.15) is 10.4 Å². The molecule has 0 unspecified atom stereocenters. The van der Waals surface area contributed by atoms with Gasteiger partial charge in [-0.25, -0.2) is 4.98 Å². The first kappa shape index (κ1) is 23.5. The number of nitro benzene ring substituents is 1. The van der Waals surface area contributed by atoms with E-state index in [9.17, 15) is 14.9 Å². The molecule has 2 aromatic carbocycles. The number of amides is 1. The Balaban J connectivity index is 1.31. The Labute approximate surface area is 204 Å². The van der Waals surface area contributed by atoms with E-state index in [1.807, 2.05) is 12.1 Å². The summed E-state index contributed by atoms with van der Waals surface area (Å²) in [5.41, 5.74) is 0.466. The zero-order valence-electron chi connectivity index (χ0n) is 17.7. The van der Waals surface area contributed by atoms with Gasteiger partial charge in [-0.05, 0) is 24.3 Å². The lowest BCUT2D eigenvalue weighted by Crippen LogP contribution is -2.48. The Hall–Kier alpha value is -2.66. The van der Waals surface area contributed by atoms with Crippen LogP contribution in [0.15, 0.2) is 30.3 Å². The van der Waals surface area contributed by atoms with Crippen molar-refractivity contribution in [2.45, 2.75) is 0 Å². The molecule has 9 nitrogen and oxygen atoms in total. The van der Waals surface area contributed by atoms with Crippen molar-refractivity contribution in [2.75, 3.05) is 51.3 Å². The van der Waals surface area contributed by atoms with Crippen LogP contribution in [0.2, 0.25) is 10.0 Å². The molecule has 1 aliphatic rings. The molecule has 1 fully saturated rings. The molecule has 0 radical (unpaired) electrons. The van der Waals surface area contributed by atoms with Crippen LogP contribution in [0.5, 0.6) is 5.75 Å². The highest BCUT2D eigenvalue weighted by atomic mass is 35.5. The van der Waals surface area contributed by atoms with Gasteiger partial charge in [-0.1, -0.05) is 34.5 Å². The lowest BCUT2D eigenvalue weighted by atomic mass is 10.1. The van der Waals surface area contributed by atoms with Crippen LogP contribution < -0.4 is 15.0 Å². The van der Waals surface area contributed by atoms with Gasteiger partial charge in [0.15, 0.2) is 10.9 Å². The van der Waals surface area contributed by atoms with Gasteiger partial charge >= 0.3 is 0 Å². The van der Waals surface area contributed by atoms with Crippen molar-refractivity contribution in [3.63, 3.8) is 0 Å². The van der Waals surface area contributed by atoms with Crippen molar-refractivity contribution in [1.82, 2.24) is 15.2 Å². The van der Waals surface area contributed by atoms with Gasteiger partial charge in [-0.3, -0.25) is 19.8 Å². The quantitative estimate of drug-likeness (QED) is 0.378.